The zero-order chi connectivity index (χ0) is 18.3. The van der Waals surface area contributed by atoms with E-state index in [-0.39, 0.29) is 30.5 Å². The predicted molar refractivity (Wildman–Crippen MR) is 91.5 cm³/mol. The number of ether oxygens (including phenoxy) is 2. The maximum absolute atomic E-state index is 13.0. The van der Waals surface area contributed by atoms with E-state index in [0.29, 0.717) is 18.4 Å². The molecule has 0 bridgehead atoms. The van der Waals surface area contributed by atoms with Crippen molar-refractivity contribution in [3.05, 3.63) is 35.5 Å². The van der Waals surface area contributed by atoms with Crippen LogP contribution >= 0.6 is 0 Å². The summed E-state index contributed by atoms with van der Waals surface area (Å²) in [6.07, 6.45) is 0.168. The second-order valence-electron chi connectivity index (χ2n) is 6.72. The smallest absolute Gasteiger partial charge is 0.246 e. The van der Waals surface area contributed by atoms with Crippen molar-refractivity contribution in [1.82, 2.24) is 14.5 Å². The average molecular weight is 379 g/mol. The summed E-state index contributed by atoms with van der Waals surface area (Å²) < 4.78 is 44.2. The average Bonchev–Trinajstić information content (AvgIpc) is 3.30. The van der Waals surface area contributed by atoms with Gasteiger partial charge in [0, 0.05) is 25.4 Å². The lowest BCUT2D eigenvalue weighted by Crippen LogP contribution is -2.42. The third-order valence-corrected chi connectivity index (χ3v) is 6.41. The van der Waals surface area contributed by atoms with Crippen molar-refractivity contribution < 1.29 is 22.3 Å². The molecule has 1 aromatic carbocycles. The molecule has 4 rings (SSSR count). The number of morpholine rings is 1. The first-order valence-corrected chi connectivity index (χ1v) is 10.1. The zero-order valence-corrected chi connectivity index (χ0v) is 15.5. The van der Waals surface area contributed by atoms with Crippen molar-refractivity contribution in [2.24, 2.45) is 0 Å². The number of rotatable bonds is 4. The van der Waals surface area contributed by atoms with Crippen LogP contribution in [0, 0.1) is 0 Å². The molecule has 140 valence electrons. The van der Waals surface area contributed by atoms with Gasteiger partial charge in [-0.3, -0.25) is 0 Å². The molecular formula is C17H21N3O5S. The second kappa shape index (κ2) is 6.64. The van der Waals surface area contributed by atoms with Crippen LogP contribution in [0.25, 0.3) is 0 Å². The first-order valence-electron chi connectivity index (χ1n) is 8.66. The van der Waals surface area contributed by atoms with Crippen LogP contribution in [0.4, 0.5) is 0 Å². The van der Waals surface area contributed by atoms with Gasteiger partial charge in [-0.15, -0.1) is 10.2 Å². The number of hydrogen-bond donors (Lipinski definition) is 0. The number of benzene rings is 1. The molecule has 0 spiro atoms. The summed E-state index contributed by atoms with van der Waals surface area (Å²) >= 11 is 0. The molecule has 1 aromatic heterocycles. The summed E-state index contributed by atoms with van der Waals surface area (Å²) in [6, 6.07) is 5.01. The van der Waals surface area contributed by atoms with Gasteiger partial charge in [0.25, 0.3) is 0 Å². The highest BCUT2D eigenvalue weighted by atomic mass is 32.2. The van der Waals surface area contributed by atoms with Crippen LogP contribution in [0.15, 0.2) is 27.5 Å². The van der Waals surface area contributed by atoms with Gasteiger partial charge in [-0.1, -0.05) is 13.8 Å². The Labute approximate surface area is 152 Å². The Morgan fingerprint density at radius 2 is 2.08 bits per heavy atom. The molecule has 1 fully saturated rings. The predicted octanol–water partition coefficient (Wildman–Crippen LogP) is 1.89. The van der Waals surface area contributed by atoms with Gasteiger partial charge in [0.1, 0.15) is 11.9 Å². The van der Waals surface area contributed by atoms with Crippen molar-refractivity contribution in [2.75, 3.05) is 26.3 Å². The molecule has 8 nitrogen and oxygen atoms in total. The van der Waals surface area contributed by atoms with E-state index in [0.717, 1.165) is 17.7 Å². The highest BCUT2D eigenvalue weighted by molar-refractivity contribution is 7.89. The summed E-state index contributed by atoms with van der Waals surface area (Å²) in [4.78, 5) is 0.274. The van der Waals surface area contributed by atoms with Crippen LogP contribution < -0.4 is 4.74 Å². The number of aromatic nitrogens is 2. The van der Waals surface area contributed by atoms with Gasteiger partial charge in [0.2, 0.25) is 21.8 Å². The lowest BCUT2D eigenvalue weighted by molar-refractivity contribution is -0.0179. The molecule has 0 saturated carbocycles. The second-order valence-corrected chi connectivity index (χ2v) is 8.66. The van der Waals surface area contributed by atoms with Crippen molar-refractivity contribution in [2.45, 2.75) is 37.2 Å². The highest BCUT2D eigenvalue weighted by Gasteiger charge is 2.34. The normalized spacial score (nSPS) is 21.0. The molecule has 1 atom stereocenters. The Balaban J connectivity index is 1.56. The molecule has 0 aliphatic carbocycles. The lowest BCUT2D eigenvalue weighted by Gasteiger charge is -2.30. The minimum Gasteiger partial charge on any atom is -0.493 e. The van der Waals surface area contributed by atoms with E-state index < -0.39 is 16.1 Å². The van der Waals surface area contributed by atoms with E-state index in [1.807, 2.05) is 13.8 Å². The molecule has 1 unspecified atom stereocenters. The van der Waals surface area contributed by atoms with Gasteiger partial charge >= 0.3 is 0 Å². The Morgan fingerprint density at radius 3 is 2.85 bits per heavy atom. The Kier molecular flexibility index (Phi) is 4.45. The van der Waals surface area contributed by atoms with Gasteiger partial charge in [-0.2, -0.15) is 4.31 Å². The van der Waals surface area contributed by atoms with Gasteiger partial charge in [0.15, 0.2) is 0 Å². The van der Waals surface area contributed by atoms with Crippen LogP contribution in [0.5, 0.6) is 5.75 Å². The molecular weight excluding hydrogens is 358 g/mol. The summed E-state index contributed by atoms with van der Waals surface area (Å²) in [6.45, 7) is 5.21. The summed E-state index contributed by atoms with van der Waals surface area (Å²) in [7, 11) is -3.63. The Hall–Kier alpha value is -1.97. The third kappa shape index (κ3) is 3.10. The van der Waals surface area contributed by atoms with Gasteiger partial charge < -0.3 is 13.9 Å². The molecule has 2 aliphatic rings. The zero-order valence-electron chi connectivity index (χ0n) is 14.7. The number of nitrogens with zero attached hydrogens (tertiary/aromatic N) is 3. The van der Waals surface area contributed by atoms with E-state index in [2.05, 4.69) is 10.2 Å². The summed E-state index contributed by atoms with van der Waals surface area (Å²) in [5, 5.41) is 8.01. The molecule has 0 amide bonds. The summed E-state index contributed by atoms with van der Waals surface area (Å²) in [5.74, 6) is 1.70. The van der Waals surface area contributed by atoms with Crippen molar-refractivity contribution >= 4 is 10.0 Å². The number of fused-ring (bicyclic) bond motifs is 1. The van der Waals surface area contributed by atoms with Crippen molar-refractivity contribution in [3.63, 3.8) is 0 Å². The fourth-order valence-electron chi connectivity index (χ4n) is 3.08. The van der Waals surface area contributed by atoms with E-state index in [4.69, 9.17) is 13.9 Å². The highest BCUT2D eigenvalue weighted by Crippen LogP contribution is 2.31. The third-order valence-electron chi connectivity index (χ3n) is 4.55. The van der Waals surface area contributed by atoms with Gasteiger partial charge in [0.05, 0.1) is 18.1 Å². The quantitative estimate of drug-likeness (QED) is 0.800. The monoisotopic (exact) mass is 379 g/mol. The number of hydrogen-bond acceptors (Lipinski definition) is 7. The summed E-state index contributed by atoms with van der Waals surface area (Å²) in [5.41, 5.74) is 0.925. The van der Waals surface area contributed by atoms with Crippen LogP contribution in [0.1, 0.15) is 43.2 Å². The van der Waals surface area contributed by atoms with Crippen LogP contribution in [0.2, 0.25) is 0 Å². The largest absolute Gasteiger partial charge is 0.493 e. The first kappa shape index (κ1) is 17.4. The molecule has 0 N–H and O–H groups in total. The van der Waals surface area contributed by atoms with E-state index >= 15 is 0 Å². The van der Waals surface area contributed by atoms with E-state index in [1.54, 1.807) is 18.2 Å². The maximum atomic E-state index is 13.0. The molecule has 2 aliphatic heterocycles. The Bertz CT molecular complexity index is 909. The van der Waals surface area contributed by atoms with E-state index in [9.17, 15) is 8.42 Å². The Morgan fingerprint density at radius 1 is 1.23 bits per heavy atom. The molecule has 2 aromatic rings. The SMILES string of the molecule is CC(C)c1nnc(C2CN(S(=O)(=O)c3ccc4c(c3)CCO4)CCO2)o1. The minimum absolute atomic E-state index is 0.105. The topological polar surface area (TPSA) is 94.8 Å². The van der Waals surface area contributed by atoms with Gasteiger partial charge in [-0.05, 0) is 23.8 Å². The molecule has 9 heteroatoms. The van der Waals surface area contributed by atoms with Gasteiger partial charge in [-0.25, -0.2) is 8.42 Å². The van der Waals surface area contributed by atoms with Crippen molar-refractivity contribution in [1.29, 1.82) is 0 Å². The number of sulfonamides is 1. The maximum Gasteiger partial charge on any atom is 0.246 e. The fourth-order valence-corrected chi connectivity index (χ4v) is 4.55. The van der Waals surface area contributed by atoms with Crippen LogP contribution in [-0.4, -0.2) is 49.2 Å². The molecule has 3 heterocycles. The molecule has 1 saturated heterocycles. The van der Waals surface area contributed by atoms with Crippen molar-refractivity contribution in [3.8, 4) is 5.75 Å². The standard InChI is InChI=1S/C17H21N3O5S/c1-11(2)16-18-19-17(25-16)15-10-20(6-8-24-15)26(21,22)13-3-4-14-12(9-13)5-7-23-14/h3-4,9,11,15H,5-8,10H2,1-2H3. The van der Waals surface area contributed by atoms with Crippen LogP contribution in [0.3, 0.4) is 0 Å². The fraction of sp³-hybridized carbons (Fsp3) is 0.529. The van der Waals surface area contributed by atoms with Crippen LogP contribution in [-0.2, 0) is 21.2 Å². The molecule has 26 heavy (non-hydrogen) atoms. The van der Waals surface area contributed by atoms with E-state index in [1.165, 1.54) is 4.31 Å². The minimum atomic E-state index is -3.63. The lowest BCUT2D eigenvalue weighted by atomic mass is 10.2. The molecule has 0 radical (unpaired) electrons. The first-order chi connectivity index (χ1) is 12.4.